The van der Waals surface area contributed by atoms with Crippen molar-refractivity contribution in [2.45, 2.75) is 26.6 Å². The molecule has 0 spiro atoms. The van der Waals surface area contributed by atoms with Gasteiger partial charge >= 0.3 is 6.18 Å². The molecule has 0 aliphatic carbocycles. The predicted molar refractivity (Wildman–Crippen MR) is 35.4 cm³/mol. The lowest BCUT2D eigenvalue weighted by atomic mass is 10.3. The summed E-state index contributed by atoms with van der Waals surface area (Å²) in [4.78, 5) is 0. The maximum absolute atomic E-state index is 12.1. The fraction of sp³-hybridized carbons (Fsp3) is 0.667. The molecule has 3 nitrogen and oxygen atoms in total. The highest BCUT2D eigenvalue weighted by atomic mass is 19.4. The molecule has 0 saturated carbocycles. The Morgan fingerprint density at radius 2 is 2.00 bits per heavy atom. The van der Waals surface area contributed by atoms with Crippen LogP contribution in [0.25, 0.3) is 0 Å². The van der Waals surface area contributed by atoms with E-state index in [0.29, 0.717) is 6.54 Å². The van der Waals surface area contributed by atoms with Gasteiger partial charge in [0.25, 0.3) is 0 Å². The van der Waals surface area contributed by atoms with E-state index >= 15 is 0 Å². The van der Waals surface area contributed by atoms with Gasteiger partial charge in [0.15, 0.2) is 5.69 Å². The minimum Gasteiger partial charge on any atom is -0.249 e. The second-order valence-corrected chi connectivity index (χ2v) is 2.34. The fourth-order valence-corrected chi connectivity index (χ4v) is 0.923. The summed E-state index contributed by atoms with van der Waals surface area (Å²) in [7, 11) is 0. The van der Waals surface area contributed by atoms with Crippen molar-refractivity contribution in [3.63, 3.8) is 0 Å². The Morgan fingerprint density at radius 3 is 2.25 bits per heavy atom. The van der Waals surface area contributed by atoms with Crippen molar-refractivity contribution in [2.75, 3.05) is 0 Å². The molecule has 0 radical (unpaired) electrons. The SMILES string of the molecule is CCn1nnc(C(F)(F)F)c1C. The Hall–Kier alpha value is -1.07. The van der Waals surface area contributed by atoms with Crippen LogP contribution in [0.2, 0.25) is 0 Å². The van der Waals surface area contributed by atoms with E-state index in [1.165, 1.54) is 11.6 Å². The lowest BCUT2D eigenvalue weighted by Gasteiger charge is -2.02. The minimum absolute atomic E-state index is 0.0602. The van der Waals surface area contributed by atoms with E-state index in [4.69, 9.17) is 0 Å². The summed E-state index contributed by atoms with van der Waals surface area (Å²) < 4.78 is 37.5. The van der Waals surface area contributed by atoms with E-state index in [2.05, 4.69) is 10.3 Å². The smallest absolute Gasteiger partial charge is 0.249 e. The third-order valence-electron chi connectivity index (χ3n) is 1.55. The van der Waals surface area contributed by atoms with Crippen LogP contribution in [0.1, 0.15) is 18.3 Å². The summed E-state index contributed by atoms with van der Waals surface area (Å²) in [6, 6.07) is 0. The van der Waals surface area contributed by atoms with E-state index in [1.54, 1.807) is 6.92 Å². The first-order valence-corrected chi connectivity index (χ1v) is 3.44. The van der Waals surface area contributed by atoms with E-state index < -0.39 is 11.9 Å². The van der Waals surface area contributed by atoms with E-state index in [-0.39, 0.29) is 5.69 Å². The lowest BCUT2D eigenvalue weighted by molar-refractivity contribution is -0.141. The number of aromatic nitrogens is 3. The zero-order valence-electron chi connectivity index (χ0n) is 6.68. The van der Waals surface area contributed by atoms with Gasteiger partial charge in [0.2, 0.25) is 0 Å². The first kappa shape index (κ1) is 9.02. The van der Waals surface area contributed by atoms with Gasteiger partial charge < -0.3 is 0 Å². The number of rotatable bonds is 1. The Kier molecular flexibility index (Phi) is 2.08. The molecule has 0 aliphatic heterocycles. The van der Waals surface area contributed by atoms with Gasteiger partial charge in [-0.15, -0.1) is 5.10 Å². The van der Waals surface area contributed by atoms with Crippen LogP contribution in [0.4, 0.5) is 13.2 Å². The highest BCUT2D eigenvalue weighted by Crippen LogP contribution is 2.29. The van der Waals surface area contributed by atoms with Gasteiger partial charge in [0.05, 0.1) is 5.69 Å². The number of halogens is 3. The first-order chi connectivity index (χ1) is 5.46. The van der Waals surface area contributed by atoms with Crippen molar-refractivity contribution in [1.82, 2.24) is 15.0 Å². The summed E-state index contributed by atoms with van der Waals surface area (Å²) in [6.45, 7) is 3.46. The lowest BCUT2D eigenvalue weighted by Crippen LogP contribution is -2.08. The molecule has 68 valence electrons. The van der Waals surface area contributed by atoms with Gasteiger partial charge in [-0.2, -0.15) is 13.2 Å². The van der Waals surface area contributed by atoms with Gasteiger partial charge in [0, 0.05) is 6.54 Å². The van der Waals surface area contributed by atoms with Gasteiger partial charge in [-0.05, 0) is 13.8 Å². The number of hydrogen-bond donors (Lipinski definition) is 0. The molecular formula is C6H8F3N3. The molecule has 1 aromatic heterocycles. The number of aryl methyl sites for hydroxylation is 1. The third kappa shape index (κ3) is 1.41. The summed E-state index contributed by atoms with van der Waals surface area (Å²) in [5, 5.41) is 6.39. The van der Waals surface area contributed by atoms with E-state index in [1.807, 2.05) is 0 Å². The molecule has 1 rings (SSSR count). The van der Waals surface area contributed by atoms with Crippen LogP contribution in [0.5, 0.6) is 0 Å². The van der Waals surface area contributed by atoms with Crippen molar-refractivity contribution in [3.8, 4) is 0 Å². The second kappa shape index (κ2) is 2.76. The molecule has 0 amide bonds. The number of nitrogens with zero attached hydrogens (tertiary/aromatic N) is 3. The van der Waals surface area contributed by atoms with Gasteiger partial charge in [0.1, 0.15) is 0 Å². The zero-order chi connectivity index (χ0) is 9.35. The van der Waals surface area contributed by atoms with Crippen LogP contribution < -0.4 is 0 Å². The molecule has 12 heavy (non-hydrogen) atoms. The maximum Gasteiger partial charge on any atom is 0.437 e. The number of alkyl halides is 3. The molecule has 0 aliphatic rings. The van der Waals surface area contributed by atoms with Crippen LogP contribution in [0.15, 0.2) is 0 Å². The summed E-state index contributed by atoms with van der Waals surface area (Å²) in [6.07, 6.45) is -4.39. The molecule has 1 heterocycles. The van der Waals surface area contributed by atoms with Crippen molar-refractivity contribution in [2.24, 2.45) is 0 Å². The van der Waals surface area contributed by atoms with Crippen molar-refractivity contribution in [3.05, 3.63) is 11.4 Å². The second-order valence-electron chi connectivity index (χ2n) is 2.34. The van der Waals surface area contributed by atoms with Crippen LogP contribution in [-0.2, 0) is 12.7 Å². The van der Waals surface area contributed by atoms with Gasteiger partial charge in [-0.1, -0.05) is 5.21 Å². The highest BCUT2D eigenvalue weighted by Gasteiger charge is 2.36. The molecule has 0 fully saturated rings. The predicted octanol–water partition coefficient (Wildman–Crippen LogP) is 1.63. The largest absolute Gasteiger partial charge is 0.437 e. The van der Waals surface area contributed by atoms with Crippen molar-refractivity contribution in [1.29, 1.82) is 0 Å². The topological polar surface area (TPSA) is 30.7 Å². The molecule has 0 saturated heterocycles. The molecule has 1 aromatic rings. The van der Waals surface area contributed by atoms with Gasteiger partial charge in [-0.3, -0.25) is 0 Å². The third-order valence-corrected chi connectivity index (χ3v) is 1.55. The Bertz CT molecular complexity index is 276. The Labute approximate surface area is 67.2 Å². The van der Waals surface area contributed by atoms with Crippen molar-refractivity contribution < 1.29 is 13.2 Å². The molecule has 6 heteroatoms. The van der Waals surface area contributed by atoms with Crippen LogP contribution in [0, 0.1) is 6.92 Å². The number of hydrogen-bond acceptors (Lipinski definition) is 2. The van der Waals surface area contributed by atoms with E-state index in [0.717, 1.165) is 0 Å². The normalized spacial score (nSPS) is 12.1. The highest BCUT2D eigenvalue weighted by molar-refractivity contribution is 5.11. The molecule has 0 atom stereocenters. The molecule has 0 N–H and O–H groups in total. The average molecular weight is 179 g/mol. The standard InChI is InChI=1S/C6H8F3N3/c1-3-12-4(2)5(10-11-12)6(7,8)9/h3H2,1-2H3. The average Bonchev–Trinajstić information content (AvgIpc) is 2.29. The summed E-state index contributed by atoms with van der Waals surface area (Å²) in [5.74, 6) is 0. The molecule has 0 unspecified atom stereocenters. The Balaban J connectivity index is 3.11. The van der Waals surface area contributed by atoms with Gasteiger partial charge in [-0.25, -0.2) is 4.68 Å². The van der Waals surface area contributed by atoms with Crippen LogP contribution in [-0.4, -0.2) is 15.0 Å². The molecule has 0 bridgehead atoms. The Morgan fingerprint density at radius 1 is 1.42 bits per heavy atom. The minimum atomic E-state index is -4.39. The first-order valence-electron chi connectivity index (χ1n) is 3.44. The molecule has 0 aromatic carbocycles. The maximum atomic E-state index is 12.1. The van der Waals surface area contributed by atoms with E-state index in [9.17, 15) is 13.2 Å². The quantitative estimate of drug-likeness (QED) is 0.655. The summed E-state index contributed by atoms with van der Waals surface area (Å²) >= 11 is 0. The summed E-state index contributed by atoms with van der Waals surface area (Å²) in [5.41, 5.74) is -0.839. The van der Waals surface area contributed by atoms with Crippen LogP contribution >= 0.6 is 0 Å². The monoisotopic (exact) mass is 179 g/mol. The molecular weight excluding hydrogens is 171 g/mol. The zero-order valence-corrected chi connectivity index (χ0v) is 6.68. The van der Waals surface area contributed by atoms with Crippen molar-refractivity contribution >= 4 is 0 Å². The van der Waals surface area contributed by atoms with Crippen LogP contribution in [0.3, 0.4) is 0 Å². The fourth-order valence-electron chi connectivity index (χ4n) is 0.923.